The van der Waals surface area contributed by atoms with E-state index in [-0.39, 0.29) is 5.91 Å². The monoisotopic (exact) mass is 529 g/mol. The van der Waals surface area contributed by atoms with Crippen LogP contribution in [0.1, 0.15) is 42.1 Å². The van der Waals surface area contributed by atoms with Crippen LogP contribution in [0.5, 0.6) is 0 Å². The molecule has 37 heavy (non-hydrogen) atoms. The van der Waals surface area contributed by atoms with E-state index < -0.39 is 6.04 Å². The van der Waals surface area contributed by atoms with Crippen LogP contribution in [-0.2, 0) is 17.0 Å². The Labute approximate surface area is 226 Å². The van der Waals surface area contributed by atoms with Crippen molar-refractivity contribution in [1.82, 2.24) is 14.8 Å². The second-order valence-electron chi connectivity index (χ2n) is 8.97. The topological polar surface area (TPSA) is 71.8 Å². The van der Waals surface area contributed by atoms with Gasteiger partial charge < -0.3 is 10.6 Å². The number of nitrogens with zero attached hydrogens (tertiary/aromatic N) is 3. The van der Waals surface area contributed by atoms with E-state index in [2.05, 4.69) is 41.8 Å². The summed E-state index contributed by atoms with van der Waals surface area (Å²) in [6.45, 7) is 6.02. The number of amides is 1. The van der Waals surface area contributed by atoms with Gasteiger partial charge in [0.2, 0.25) is 11.1 Å². The maximum Gasteiger partial charge on any atom is 0.255 e. The van der Waals surface area contributed by atoms with Crippen LogP contribution < -0.4 is 10.6 Å². The Balaban J connectivity index is 1.50. The Morgan fingerprint density at radius 1 is 1.05 bits per heavy atom. The number of halogens is 1. The average molecular weight is 530 g/mol. The summed E-state index contributed by atoms with van der Waals surface area (Å²) in [5, 5.41) is 12.6. The Bertz CT molecular complexity index is 1480. The van der Waals surface area contributed by atoms with Gasteiger partial charge in [0.15, 0.2) is 0 Å². The molecule has 0 fully saturated rings. The van der Waals surface area contributed by atoms with Gasteiger partial charge in [0.05, 0.1) is 5.57 Å². The highest BCUT2D eigenvalue weighted by atomic mass is 35.5. The lowest BCUT2D eigenvalue weighted by molar-refractivity contribution is -0.113. The fourth-order valence-electron chi connectivity index (χ4n) is 4.39. The van der Waals surface area contributed by atoms with Gasteiger partial charge in [0.1, 0.15) is 6.04 Å². The molecule has 2 heterocycles. The summed E-state index contributed by atoms with van der Waals surface area (Å²) in [5.74, 6) is 1.08. The highest BCUT2D eigenvalue weighted by Crippen LogP contribution is 2.37. The van der Waals surface area contributed by atoms with E-state index in [1.165, 1.54) is 17.3 Å². The molecule has 1 aliphatic rings. The number of hydrogen-bond acceptors (Lipinski definition) is 5. The standard InChI is InChI=1S/C29H28ClN5OS/c1-4-20-13-15-21(16-14-20)26-25(27(36)32-24-12-8-5-9-18(24)2)19(3)31-28-33-29(34-35(26)28)37-17-22-10-6-7-11-23(22)30/h5-16,26H,4,17H2,1-3H3,(H,32,36)(H,31,33,34). The normalized spacial score (nSPS) is 14.8. The summed E-state index contributed by atoms with van der Waals surface area (Å²) in [6, 6.07) is 23.5. The molecule has 4 aromatic rings. The number of nitrogens with one attached hydrogen (secondary N) is 2. The van der Waals surface area contributed by atoms with E-state index in [1.807, 2.05) is 67.1 Å². The number of hydrogen-bond donors (Lipinski definition) is 2. The third-order valence-corrected chi connectivity index (χ3v) is 7.74. The third-order valence-electron chi connectivity index (χ3n) is 6.49. The van der Waals surface area contributed by atoms with E-state index in [4.69, 9.17) is 21.7 Å². The van der Waals surface area contributed by atoms with Crippen molar-refractivity contribution < 1.29 is 4.79 Å². The Hall–Kier alpha value is -3.55. The Morgan fingerprint density at radius 3 is 2.51 bits per heavy atom. The molecule has 1 unspecified atom stereocenters. The number of benzene rings is 3. The number of aromatic nitrogens is 3. The largest absolute Gasteiger partial charge is 0.328 e. The van der Waals surface area contributed by atoms with Crippen molar-refractivity contribution >= 4 is 40.9 Å². The van der Waals surface area contributed by atoms with E-state index in [0.29, 0.717) is 22.4 Å². The van der Waals surface area contributed by atoms with Gasteiger partial charge in [0, 0.05) is 22.2 Å². The van der Waals surface area contributed by atoms with Crippen LogP contribution in [0, 0.1) is 6.92 Å². The first kappa shape index (κ1) is 25.1. The van der Waals surface area contributed by atoms with E-state index in [0.717, 1.165) is 39.5 Å². The number of carbonyl (C=O) groups is 1. The van der Waals surface area contributed by atoms with E-state index >= 15 is 0 Å². The van der Waals surface area contributed by atoms with Gasteiger partial charge in [-0.2, -0.15) is 4.98 Å². The van der Waals surface area contributed by atoms with E-state index in [9.17, 15) is 4.79 Å². The summed E-state index contributed by atoms with van der Waals surface area (Å²) in [6.07, 6.45) is 0.944. The number of allylic oxidation sites excluding steroid dienone is 1. The summed E-state index contributed by atoms with van der Waals surface area (Å²) < 4.78 is 1.82. The molecule has 0 aliphatic carbocycles. The summed E-state index contributed by atoms with van der Waals surface area (Å²) in [7, 11) is 0. The first-order valence-electron chi connectivity index (χ1n) is 12.2. The molecule has 1 aromatic heterocycles. The number of para-hydroxylation sites is 1. The lowest BCUT2D eigenvalue weighted by atomic mass is 9.94. The number of aryl methyl sites for hydroxylation is 2. The quantitative estimate of drug-likeness (QED) is 0.252. The molecule has 0 radical (unpaired) electrons. The fraction of sp³-hybridized carbons (Fsp3) is 0.207. The number of carbonyl (C=O) groups excluding carboxylic acids is 1. The van der Waals surface area contributed by atoms with Crippen LogP contribution in [0.3, 0.4) is 0 Å². The van der Waals surface area contributed by atoms with Crippen LogP contribution >= 0.6 is 23.4 Å². The lowest BCUT2D eigenvalue weighted by Gasteiger charge is -2.29. The predicted molar refractivity (Wildman–Crippen MR) is 151 cm³/mol. The average Bonchev–Trinajstić information content (AvgIpc) is 3.31. The molecular formula is C29H28ClN5OS. The molecule has 0 spiro atoms. The zero-order chi connectivity index (χ0) is 25.9. The maximum absolute atomic E-state index is 13.7. The van der Waals surface area contributed by atoms with Crippen LogP contribution in [0.2, 0.25) is 5.02 Å². The molecule has 1 atom stereocenters. The maximum atomic E-state index is 13.7. The minimum atomic E-state index is -0.423. The van der Waals surface area contributed by atoms with Crippen molar-refractivity contribution in [3.8, 4) is 0 Å². The molecular weight excluding hydrogens is 502 g/mol. The molecule has 1 amide bonds. The second-order valence-corrected chi connectivity index (χ2v) is 10.3. The molecule has 5 rings (SSSR count). The van der Waals surface area contributed by atoms with E-state index in [1.54, 1.807) is 0 Å². The fourth-order valence-corrected chi connectivity index (χ4v) is 5.51. The number of rotatable bonds is 7. The smallest absolute Gasteiger partial charge is 0.255 e. The Morgan fingerprint density at radius 2 is 1.78 bits per heavy atom. The van der Waals surface area contributed by atoms with Gasteiger partial charge in [-0.25, -0.2) is 4.68 Å². The van der Waals surface area contributed by atoms with Gasteiger partial charge >= 0.3 is 0 Å². The first-order valence-corrected chi connectivity index (χ1v) is 13.6. The van der Waals surface area contributed by atoms with Gasteiger partial charge in [-0.05, 0) is 54.7 Å². The zero-order valence-corrected chi connectivity index (χ0v) is 22.5. The highest BCUT2D eigenvalue weighted by Gasteiger charge is 2.34. The number of anilines is 2. The minimum absolute atomic E-state index is 0.171. The van der Waals surface area contributed by atoms with Gasteiger partial charge in [-0.3, -0.25) is 4.79 Å². The van der Waals surface area contributed by atoms with Crippen molar-refractivity contribution in [2.24, 2.45) is 0 Å². The molecule has 8 heteroatoms. The van der Waals surface area contributed by atoms with Crippen molar-refractivity contribution in [3.63, 3.8) is 0 Å². The molecule has 2 N–H and O–H groups in total. The van der Waals surface area contributed by atoms with Crippen molar-refractivity contribution in [3.05, 3.63) is 111 Å². The Kier molecular flexibility index (Phi) is 7.35. The minimum Gasteiger partial charge on any atom is -0.328 e. The molecule has 0 bridgehead atoms. The third kappa shape index (κ3) is 5.29. The summed E-state index contributed by atoms with van der Waals surface area (Å²) in [4.78, 5) is 18.5. The van der Waals surface area contributed by atoms with Gasteiger partial charge in [-0.15, -0.1) is 5.10 Å². The summed E-state index contributed by atoms with van der Waals surface area (Å²) in [5.41, 5.74) is 6.37. The second kappa shape index (κ2) is 10.8. The van der Waals surface area contributed by atoms with Gasteiger partial charge in [-0.1, -0.05) is 91.0 Å². The molecule has 6 nitrogen and oxygen atoms in total. The SMILES string of the molecule is CCc1ccc(C2C(C(=O)Nc3ccccc3C)=C(C)Nc3nc(SCc4ccccc4Cl)nn32)cc1. The lowest BCUT2D eigenvalue weighted by Crippen LogP contribution is -2.31. The molecule has 3 aromatic carbocycles. The highest BCUT2D eigenvalue weighted by molar-refractivity contribution is 7.98. The van der Waals surface area contributed by atoms with Crippen LogP contribution in [-0.4, -0.2) is 20.7 Å². The molecule has 0 saturated carbocycles. The van der Waals surface area contributed by atoms with Crippen LogP contribution in [0.25, 0.3) is 0 Å². The van der Waals surface area contributed by atoms with Crippen molar-refractivity contribution in [2.45, 2.75) is 44.1 Å². The molecule has 188 valence electrons. The van der Waals surface area contributed by atoms with Crippen LogP contribution in [0.4, 0.5) is 11.6 Å². The van der Waals surface area contributed by atoms with Crippen LogP contribution in [0.15, 0.2) is 89.2 Å². The predicted octanol–water partition coefficient (Wildman–Crippen LogP) is 7.02. The first-order chi connectivity index (χ1) is 17.9. The van der Waals surface area contributed by atoms with Gasteiger partial charge in [0.25, 0.3) is 5.91 Å². The molecule has 1 aliphatic heterocycles. The number of thioether (sulfide) groups is 1. The number of fused-ring (bicyclic) bond motifs is 1. The summed E-state index contributed by atoms with van der Waals surface area (Å²) >= 11 is 7.86. The van der Waals surface area contributed by atoms with Crippen molar-refractivity contribution in [2.75, 3.05) is 10.6 Å². The molecule has 0 saturated heterocycles. The van der Waals surface area contributed by atoms with Crippen molar-refractivity contribution in [1.29, 1.82) is 0 Å². The zero-order valence-electron chi connectivity index (χ0n) is 21.0.